The first-order chi connectivity index (χ1) is 7.72. The first kappa shape index (κ1) is 12.8. The zero-order chi connectivity index (χ0) is 11.8. The summed E-state index contributed by atoms with van der Waals surface area (Å²) in [5.41, 5.74) is 1.02. The van der Waals surface area contributed by atoms with Gasteiger partial charge in [0, 0.05) is 6.42 Å². The lowest BCUT2D eigenvalue weighted by atomic mass is 10.2. The van der Waals surface area contributed by atoms with Crippen LogP contribution in [0.4, 0.5) is 0 Å². The van der Waals surface area contributed by atoms with E-state index >= 15 is 0 Å². The van der Waals surface area contributed by atoms with Gasteiger partial charge in [-0.25, -0.2) is 0 Å². The standard InChI is InChI=1S/C12H16O4/c13-7-11(14)6-12(15)9-16-8-10-4-2-1-3-5-10/h1-5,7,11-12,14-15H,6,8-9H2/t11-,12+/m1/s1. The monoisotopic (exact) mass is 224 g/mol. The number of aldehydes is 1. The van der Waals surface area contributed by atoms with E-state index in [2.05, 4.69) is 0 Å². The number of aliphatic hydroxyl groups excluding tert-OH is 2. The fraction of sp³-hybridized carbons (Fsp3) is 0.417. The van der Waals surface area contributed by atoms with Crippen LogP contribution in [0.25, 0.3) is 0 Å². The van der Waals surface area contributed by atoms with Gasteiger partial charge in [-0.2, -0.15) is 0 Å². The van der Waals surface area contributed by atoms with Crippen molar-refractivity contribution in [3.05, 3.63) is 35.9 Å². The normalized spacial score (nSPS) is 14.4. The van der Waals surface area contributed by atoms with Crippen LogP contribution in [0, 0.1) is 0 Å². The summed E-state index contributed by atoms with van der Waals surface area (Å²) < 4.78 is 5.25. The van der Waals surface area contributed by atoms with Crippen LogP contribution in [0.5, 0.6) is 0 Å². The van der Waals surface area contributed by atoms with Crippen molar-refractivity contribution in [2.45, 2.75) is 25.2 Å². The first-order valence-corrected chi connectivity index (χ1v) is 5.15. The van der Waals surface area contributed by atoms with Gasteiger partial charge >= 0.3 is 0 Å². The molecule has 4 heteroatoms. The fourth-order valence-electron chi connectivity index (χ4n) is 1.29. The minimum absolute atomic E-state index is 0.0122. The third kappa shape index (κ3) is 5.02. The SMILES string of the molecule is O=C[C@H](O)C[C@H](O)COCc1ccccc1. The summed E-state index contributed by atoms with van der Waals surface area (Å²) >= 11 is 0. The Morgan fingerprint density at radius 2 is 1.94 bits per heavy atom. The van der Waals surface area contributed by atoms with Crippen molar-refractivity contribution in [2.75, 3.05) is 6.61 Å². The molecule has 1 aromatic rings. The molecule has 2 atom stereocenters. The second-order valence-corrected chi connectivity index (χ2v) is 3.59. The van der Waals surface area contributed by atoms with Crippen LogP contribution in [0.1, 0.15) is 12.0 Å². The zero-order valence-corrected chi connectivity index (χ0v) is 8.95. The van der Waals surface area contributed by atoms with Crippen LogP contribution in [0.2, 0.25) is 0 Å². The van der Waals surface area contributed by atoms with Gasteiger partial charge in [0.05, 0.1) is 19.3 Å². The van der Waals surface area contributed by atoms with Crippen LogP contribution >= 0.6 is 0 Å². The second-order valence-electron chi connectivity index (χ2n) is 3.59. The van der Waals surface area contributed by atoms with E-state index in [9.17, 15) is 9.90 Å². The summed E-state index contributed by atoms with van der Waals surface area (Å²) in [6.07, 6.45) is -1.52. The van der Waals surface area contributed by atoms with Crippen LogP contribution in [0.15, 0.2) is 30.3 Å². The smallest absolute Gasteiger partial charge is 0.148 e. The second kappa shape index (κ2) is 7.11. The maximum atomic E-state index is 10.1. The molecule has 0 fully saturated rings. The van der Waals surface area contributed by atoms with Gasteiger partial charge in [0.25, 0.3) is 0 Å². The summed E-state index contributed by atoms with van der Waals surface area (Å²) in [5, 5.41) is 18.3. The van der Waals surface area contributed by atoms with Crippen molar-refractivity contribution in [1.82, 2.24) is 0 Å². The molecule has 4 nitrogen and oxygen atoms in total. The lowest BCUT2D eigenvalue weighted by molar-refractivity contribution is -0.116. The maximum Gasteiger partial charge on any atom is 0.148 e. The molecule has 0 saturated heterocycles. The van der Waals surface area contributed by atoms with Gasteiger partial charge in [-0.15, -0.1) is 0 Å². The van der Waals surface area contributed by atoms with E-state index in [4.69, 9.17) is 9.84 Å². The summed E-state index contributed by atoms with van der Waals surface area (Å²) in [6, 6.07) is 9.58. The lowest BCUT2D eigenvalue weighted by Gasteiger charge is -2.12. The molecule has 16 heavy (non-hydrogen) atoms. The van der Waals surface area contributed by atoms with Crippen molar-refractivity contribution in [1.29, 1.82) is 0 Å². The molecule has 0 aliphatic carbocycles. The largest absolute Gasteiger partial charge is 0.391 e. The molecule has 0 heterocycles. The van der Waals surface area contributed by atoms with Gasteiger partial charge in [0.1, 0.15) is 12.4 Å². The maximum absolute atomic E-state index is 10.1. The number of benzene rings is 1. The van der Waals surface area contributed by atoms with E-state index in [0.717, 1.165) is 5.56 Å². The predicted octanol–water partition coefficient (Wildman–Crippen LogP) is 0.514. The molecule has 0 amide bonds. The van der Waals surface area contributed by atoms with Gasteiger partial charge in [0.15, 0.2) is 0 Å². The molecule has 0 aromatic heterocycles. The number of aliphatic hydroxyl groups is 2. The Bertz CT molecular complexity index is 299. The first-order valence-electron chi connectivity index (χ1n) is 5.15. The minimum Gasteiger partial charge on any atom is -0.391 e. The molecule has 0 radical (unpaired) electrons. The average molecular weight is 224 g/mol. The molecule has 1 aromatic carbocycles. The van der Waals surface area contributed by atoms with E-state index < -0.39 is 12.2 Å². The minimum atomic E-state index is -1.12. The van der Waals surface area contributed by atoms with Crippen LogP contribution in [-0.4, -0.2) is 35.3 Å². The predicted molar refractivity (Wildman–Crippen MR) is 58.8 cm³/mol. The molecule has 2 N–H and O–H groups in total. The van der Waals surface area contributed by atoms with Gasteiger partial charge in [-0.05, 0) is 5.56 Å². The summed E-state index contributed by atoms with van der Waals surface area (Å²) in [5.74, 6) is 0. The highest BCUT2D eigenvalue weighted by molar-refractivity contribution is 5.55. The Morgan fingerprint density at radius 1 is 1.25 bits per heavy atom. The molecule has 0 bridgehead atoms. The third-order valence-electron chi connectivity index (χ3n) is 2.09. The quantitative estimate of drug-likeness (QED) is 0.662. The fourth-order valence-corrected chi connectivity index (χ4v) is 1.29. The summed E-state index contributed by atoms with van der Waals surface area (Å²) in [7, 11) is 0. The van der Waals surface area contributed by atoms with Gasteiger partial charge in [0.2, 0.25) is 0 Å². The Balaban J connectivity index is 2.18. The van der Waals surface area contributed by atoms with E-state index in [1.165, 1.54) is 0 Å². The van der Waals surface area contributed by atoms with Crippen LogP contribution < -0.4 is 0 Å². The number of rotatable bonds is 7. The van der Waals surface area contributed by atoms with Crippen molar-refractivity contribution in [3.8, 4) is 0 Å². The average Bonchev–Trinajstić information content (AvgIpc) is 2.30. The number of hydrogen-bond acceptors (Lipinski definition) is 4. The zero-order valence-electron chi connectivity index (χ0n) is 8.95. The molecule has 1 rings (SSSR count). The van der Waals surface area contributed by atoms with Crippen molar-refractivity contribution < 1.29 is 19.7 Å². The highest BCUT2D eigenvalue weighted by Gasteiger charge is 2.10. The van der Waals surface area contributed by atoms with Crippen molar-refractivity contribution in [3.63, 3.8) is 0 Å². The Kier molecular flexibility index (Phi) is 5.71. The molecular formula is C12H16O4. The summed E-state index contributed by atoms with van der Waals surface area (Å²) in [6.45, 7) is 0.523. The number of ether oxygens (including phenoxy) is 1. The van der Waals surface area contributed by atoms with E-state index in [1.807, 2.05) is 30.3 Å². The summed E-state index contributed by atoms with van der Waals surface area (Å²) in [4.78, 5) is 10.1. The topological polar surface area (TPSA) is 66.8 Å². The molecule has 0 spiro atoms. The lowest BCUT2D eigenvalue weighted by Crippen LogP contribution is -2.23. The van der Waals surface area contributed by atoms with Crippen LogP contribution in [0.3, 0.4) is 0 Å². The van der Waals surface area contributed by atoms with Gasteiger partial charge in [-0.3, -0.25) is 0 Å². The number of carbonyl (C=O) groups excluding carboxylic acids is 1. The molecule has 0 unspecified atom stereocenters. The number of hydrogen-bond donors (Lipinski definition) is 2. The van der Waals surface area contributed by atoms with Gasteiger partial charge in [-0.1, -0.05) is 30.3 Å². The van der Waals surface area contributed by atoms with Gasteiger partial charge < -0.3 is 19.7 Å². The molecule has 0 saturated carbocycles. The number of carbonyl (C=O) groups is 1. The Labute approximate surface area is 94.5 Å². The Hall–Kier alpha value is -1.23. The van der Waals surface area contributed by atoms with Crippen molar-refractivity contribution >= 4 is 6.29 Å². The van der Waals surface area contributed by atoms with E-state index in [1.54, 1.807) is 0 Å². The molecule has 88 valence electrons. The highest BCUT2D eigenvalue weighted by atomic mass is 16.5. The van der Waals surface area contributed by atoms with Crippen molar-refractivity contribution in [2.24, 2.45) is 0 Å². The third-order valence-corrected chi connectivity index (χ3v) is 2.09. The van der Waals surface area contributed by atoms with E-state index in [0.29, 0.717) is 12.9 Å². The van der Waals surface area contributed by atoms with E-state index in [-0.39, 0.29) is 13.0 Å². The molecule has 0 aliphatic heterocycles. The van der Waals surface area contributed by atoms with Crippen LogP contribution in [-0.2, 0) is 16.1 Å². The molecule has 0 aliphatic rings. The Morgan fingerprint density at radius 3 is 2.56 bits per heavy atom. The molecular weight excluding hydrogens is 208 g/mol. The highest BCUT2D eigenvalue weighted by Crippen LogP contribution is 2.03.